The van der Waals surface area contributed by atoms with Crippen LogP contribution in [-0.4, -0.2) is 70.1 Å². The lowest BCUT2D eigenvalue weighted by atomic mass is 9.70. The number of unbranched alkanes of at least 4 members (excludes halogenated alkanes) is 1. The van der Waals surface area contributed by atoms with Gasteiger partial charge in [-0.15, -0.1) is 0 Å². The Hall–Kier alpha value is -2.66. The van der Waals surface area contributed by atoms with E-state index >= 15 is 0 Å². The monoisotopic (exact) mass is 619 g/mol. The van der Waals surface area contributed by atoms with Crippen LogP contribution in [-0.2, 0) is 19.1 Å². The highest BCUT2D eigenvalue weighted by atomic mass is 79.9. The zero-order valence-electron chi connectivity index (χ0n) is 21.4. The highest BCUT2D eigenvalue weighted by Gasteiger charge is 2.76. The molecule has 0 aliphatic carbocycles. The van der Waals surface area contributed by atoms with Crippen LogP contribution in [0.4, 0.5) is 11.4 Å². The first-order chi connectivity index (χ1) is 18.8. The van der Waals surface area contributed by atoms with E-state index in [1.165, 1.54) is 4.90 Å². The zero-order chi connectivity index (χ0) is 27.7. The van der Waals surface area contributed by atoms with Gasteiger partial charge in [0.05, 0.1) is 35.3 Å². The Kier molecular flexibility index (Phi) is 8.19. The number of para-hydroxylation sites is 1. The second-order valence-electron chi connectivity index (χ2n) is 10.0. The lowest BCUT2D eigenvalue weighted by Crippen LogP contribution is -2.54. The summed E-state index contributed by atoms with van der Waals surface area (Å²) in [5.41, 5.74) is -0.175. The third-order valence-electron chi connectivity index (χ3n) is 7.71. The molecule has 11 heteroatoms. The predicted octanol–water partition coefficient (Wildman–Crippen LogP) is 3.84. The molecular weight excluding hydrogens is 590 g/mol. The van der Waals surface area contributed by atoms with Crippen molar-refractivity contribution in [2.45, 2.75) is 48.8 Å². The van der Waals surface area contributed by atoms with Crippen molar-refractivity contribution in [2.75, 3.05) is 30.4 Å². The minimum atomic E-state index is -1.18. The maximum absolute atomic E-state index is 14.0. The minimum absolute atomic E-state index is 0.0255. The van der Waals surface area contributed by atoms with Crippen LogP contribution in [0.2, 0.25) is 5.02 Å². The number of amides is 3. The molecule has 3 unspecified atom stereocenters. The topological polar surface area (TPSA) is 117 Å². The number of aliphatic hydroxyl groups is 1. The Morgan fingerprint density at radius 3 is 2.59 bits per heavy atom. The quantitative estimate of drug-likeness (QED) is 0.275. The molecule has 1 spiro atoms. The molecule has 0 aromatic heterocycles. The van der Waals surface area contributed by atoms with Gasteiger partial charge < -0.3 is 30.1 Å². The normalized spacial score (nSPS) is 28.9. The number of nitrogens with one attached hydrogen (secondary N) is 2. The van der Waals surface area contributed by atoms with Crippen molar-refractivity contribution < 1.29 is 29.0 Å². The number of halogens is 2. The summed E-state index contributed by atoms with van der Waals surface area (Å²) < 4.78 is 12.0. The summed E-state index contributed by atoms with van der Waals surface area (Å²) in [4.78, 5) is 42.7. The Morgan fingerprint density at radius 2 is 1.90 bits per heavy atom. The van der Waals surface area contributed by atoms with Gasteiger partial charge in [-0.1, -0.05) is 39.7 Å². The number of aliphatic hydroxyl groups excluding tert-OH is 1. The SMILES string of the molecule is CCOc1ccc(NC(=O)[C@H]2[C@H]3C(=O)N(CCCCO)C(C(=O)Nc4ccccc4Cl)C34CC(Br)[C@@H]2O4)cc1. The van der Waals surface area contributed by atoms with Gasteiger partial charge in [0.2, 0.25) is 17.7 Å². The number of ether oxygens (including phenoxy) is 2. The molecule has 3 heterocycles. The molecule has 2 bridgehead atoms. The Bertz CT molecular complexity index is 1250. The number of carbonyl (C=O) groups is 3. The van der Waals surface area contributed by atoms with Crippen molar-refractivity contribution in [2.24, 2.45) is 11.8 Å². The van der Waals surface area contributed by atoms with E-state index in [1.54, 1.807) is 48.5 Å². The Labute approximate surface area is 240 Å². The summed E-state index contributed by atoms with van der Waals surface area (Å²) in [6.45, 7) is 2.66. The summed E-state index contributed by atoms with van der Waals surface area (Å²) in [7, 11) is 0. The first kappa shape index (κ1) is 27.9. The van der Waals surface area contributed by atoms with Gasteiger partial charge in [0, 0.05) is 23.7 Å². The largest absolute Gasteiger partial charge is 0.494 e. The van der Waals surface area contributed by atoms with Crippen LogP contribution in [0.1, 0.15) is 26.2 Å². The highest BCUT2D eigenvalue weighted by Crippen LogP contribution is 2.60. The average Bonchev–Trinajstić information content (AvgIpc) is 3.50. The van der Waals surface area contributed by atoms with Crippen molar-refractivity contribution in [3.63, 3.8) is 0 Å². The molecule has 6 atom stereocenters. The van der Waals surface area contributed by atoms with Gasteiger partial charge in [-0.2, -0.15) is 0 Å². The van der Waals surface area contributed by atoms with Crippen molar-refractivity contribution >= 4 is 56.6 Å². The minimum Gasteiger partial charge on any atom is -0.494 e. The number of anilines is 2. The van der Waals surface area contributed by atoms with E-state index in [9.17, 15) is 19.5 Å². The molecule has 9 nitrogen and oxygen atoms in total. The molecule has 5 rings (SSSR count). The fraction of sp³-hybridized carbons (Fsp3) is 0.464. The van der Waals surface area contributed by atoms with E-state index in [1.807, 2.05) is 6.92 Å². The number of fused-ring (bicyclic) bond motifs is 1. The van der Waals surface area contributed by atoms with Crippen LogP contribution < -0.4 is 15.4 Å². The zero-order valence-corrected chi connectivity index (χ0v) is 23.8. The van der Waals surface area contributed by atoms with Gasteiger partial charge in [0.25, 0.3) is 0 Å². The Balaban J connectivity index is 1.44. The van der Waals surface area contributed by atoms with Gasteiger partial charge in [-0.3, -0.25) is 14.4 Å². The molecule has 39 heavy (non-hydrogen) atoms. The van der Waals surface area contributed by atoms with Crippen molar-refractivity contribution in [1.82, 2.24) is 4.90 Å². The van der Waals surface area contributed by atoms with Crippen LogP contribution in [0, 0.1) is 11.8 Å². The standard InChI is InChI=1S/C28H31BrClN3O6/c1-2-38-17-11-9-16(10-12-17)31-25(35)21-22-27(37)33(13-5-6-14-34)24(28(22)15-18(29)23(21)39-28)26(36)32-20-8-4-3-7-19(20)30/h3-4,7-12,18,21-24,34H,2,5-6,13-15H2,1H3,(H,31,35)(H,32,36)/t18?,21-,22-,23-,24?,28?/m0/s1. The predicted molar refractivity (Wildman–Crippen MR) is 150 cm³/mol. The van der Waals surface area contributed by atoms with E-state index in [0.717, 1.165) is 0 Å². The van der Waals surface area contributed by atoms with Crippen molar-refractivity contribution in [1.29, 1.82) is 0 Å². The Morgan fingerprint density at radius 1 is 1.15 bits per heavy atom. The van der Waals surface area contributed by atoms with Gasteiger partial charge in [0.1, 0.15) is 17.4 Å². The second kappa shape index (κ2) is 11.4. The summed E-state index contributed by atoms with van der Waals surface area (Å²) in [5, 5.41) is 15.5. The third-order valence-corrected chi connectivity index (χ3v) is 8.89. The fourth-order valence-corrected chi connectivity index (χ4v) is 7.28. The van der Waals surface area contributed by atoms with Crippen LogP contribution in [0.25, 0.3) is 0 Å². The van der Waals surface area contributed by atoms with E-state index in [4.69, 9.17) is 21.1 Å². The fourth-order valence-electron chi connectivity index (χ4n) is 6.15. The summed E-state index contributed by atoms with van der Waals surface area (Å²) >= 11 is 9.97. The number of alkyl halides is 1. The van der Waals surface area contributed by atoms with Crippen LogP contribution in [0.3, 0.4) is 0 Å². The molecule has 3 N–H and O–H groups in total. The van der Waals surface area contributed by atoms with E-state index in [0.29, 0.717) is 48.0 Å². The molecule has 3 aliphatic rings. The van der Waals surface area contributed by atoms with Crippen molar-refractivity contribution in [3.05, 3.63) is 53.6 Å². The molecule has 0 saturated carbocycles. The number of hydrogen-bond acceptors (Lipinski definition) is 6. The molecule has 208 valence electrons. The lowest BCUT2D eigenvalue weighted by Gasteiger charge is -2.34. The molecule has 2 aromatic carbocycles. The van der Waals surface area contributed by atoms with Crippen LogP contribution >= 0.6 is 27.5 Å². The summed E-state index contributed by atoms with van der Waals surface area (Å²) in [6.07, 6.45) is 0.812. The number of hydrogen-bond donors (Lipinski definition) is 3. The number of carbonyl (C=O) groups excluding carboxylic acids is 3. The van der Waals surface area contributed by atoms with Crippen molar-refractivity contribution in [3.8, 4) is 5.75 Å². The molecule has 3 fully saturated rings. The van der Waals surface area contributed by atoms with Gasteiger partial charge in [0.15, 0.2) is 0 Å². The number of benzene rings is 2. The van der Waals surface area contributed by atoms with Crippen LogP contribution in [0.5, 0.6) is 5.75 Å². The average molecular weight is 621 g/mol. The van der Waals surface area contributed by atoms with E-state index in [2.05, 4.69) is 26.6 Å². The molecule has 3 aliphatic heterocycles. The molecular formula is C28H31BrClN3O6. The second-order valence-corrected chi connectivity index (χ2v) is 11.6. The van der Waals surface area contributed by atoms with E-state index < -0.39 is 35.5 Å². The van der Waals surface area contributed by atoms with Gasteiger partial charge >= 0.3 is 0 Å². The number of likely N-dealkylation sites (tertiary alicyclic amines) is 1. The first-order valence-electron chi connectivity index (χ1n) is 13.1. The summed E-state index contributed by atoms with van der Waals surface area (Å²) in [6, 6.07) is 12.9. The van der Waals surface area contributed by atoms with E-state index in [-0.39, 0.29) is 29.8 Å². The van der Waals surface area contributed by atoms with Gasteiger partial charge in [-0.05, 0) is 62.6 Å². The third kappa shape index (κ3) is 5.03. The maximum Gasteiger partial charge on any atom is 0.250 e. The molecule has 2 aromatic rings. The number of rotatable bonds is 10. The lowest BCUT2D eigenvalue weighted by molar-refractivity contribution is -0.139. The van der Waals surface area contributed by atoms with Crippen LogP contribution in [0.15, 0.2) is 48.5 Å². The molecule has 0 radical (unpaired) electrons. The molecule has 3 amide bonds. The highest BCUT2D eigenvalue weighted by molar-refractivity contribution is 9.09. The first-order valence-corrected chi connectivity index (χ1v) is 14.4. The summed E-state index contributed by atoms with van der Waals surface area (Å²) in [5.74, 6) is -1.97. The number of nitrogens with zero attached hydrogens (tertiary/aromatic N) is 1. The smallest absolute Gasteiger partial charge is 0.250 e. The maximum atomic E-state index is 14.0. The molecule has 3 saturated heterocycles. The van der Waals surface area contributed by atoms with Gasteiger partial charge in [-0.25, -0.2) is 0 Å².